The third-order valence-corrected chi connectivity index (χ3v) is 3.35. The van der Waals surface area contributed by atoms with Gasteiger partial charge < -0.3 is 5.32 Å². The number of hydrogen-bond acceptors (Lipinski definition) is 3. The van der Waals surface area contributed by atoms with Crippen molar-refractivity contribution < 1.29 is 0 Å². The summed E-state index contributed by atoms with van der Waals surface area (Å²) in [7, 11) is 0. The second kappa shape index (κ2) is 5.39. The number of aromatic nitrogens is 2. The van der Waals surface area contributed by atoms with Gasteiger partial charge in [-0.2, -0.15) is 0 Å². The van der Waals surface area contributed by atoms with Crippen LogP contribution in [0.5, 0.6) is 0 Å². The molecule has 0 aromatic carbocycles. The summed E-state index contributed by atoms with van der Waals surface area (Å²) in [6, 6.07) is 2.49. The molecule has 16 heavy (non-hydrogen) atoms. The lowest BCUT2D eigenvalue weighted by Crippen LogP contribution is -2.33. The van der Waals surface area contributed by atoms with E-state index in [1.165, 1.54) is 31.4 Å². The Labute approximate surface area is 97.7 Å². The zero-order valence-corrected chi connectivity index (χ0v) is 10.2. The molecular weight excluding hydrogens is 198 g/mol. The van der Waals surface area contributed by atoms with Gasteiger partial charge in [0.05, 0.1) is 11.7 Å². The molecule has 0 aliphatic heterocycles. The van der Waals surface area contributed by atoms with Gasteiger partial charge in [-0.1, -0.05) is 13.3 Å². The highest BCUT2D eigenvalue weighted by molar-refractivity contribution is 5.10. The average Bonchev–Trinajstić information content (AvgIpc) is 2.21. The first-order valence-electron chi connectivity index (χ1n) is 6.34. The molecule has 1 aromatic heterocycles. The summed E-state index contributed by atoms with van der Waals surface area (Å²) in [6.07, 6.45) is 7.10. The van der Waals surface area contributed by atoms with Crippen molar-refractivity contribution in [1.82, 2.24) is 15.3 Å². The summed E-state index contributed by atoms with van der Waals surface area (Å²) in [5.41, 5.74) is 1.17. The standard InChI is InChI=1S/C13H21N3/c1-3-8-15-13(11-5-4-6-11)12-7-9-14-10(2)16-12/h7,9,11,13,15H,3-6,8H2,1-2H3. The van der Waals surface area contributed by atoms with E-state index in [0.29, 0.717) is 6.04 Å². The summed E-state index contributed by atoms with van der Waals surface area (Å²) in [5.74, 6) is 1.65. The van der Waals surface area contributed by atoms with E-state index in [0.717, 1.165) is 18.3 Å². The highest BCUT2D eigenvalue weighted by atomic mass is 15.0. The number of hydrogen-bond donors (Lipinski definition) is 1. The van der Waals surface area contributed by atoms with Crippen LogP contribution < -0.4 is 5.32 Å². The minimum atomic E-state index is 0.440. The van der Waals surface area contributed by atoms with E-state index in [-0.39, 0.29) is 0 Å². The van der Waals surface area contributed by atoms with Crippen LogP contribution in [0.1, 0.15) is 50.2 Å². The summed E-state index contributed by atoms with van der Waals surface area (Å²) in [5, 5.41) is 3.62. The minimum absolute atomic E-state index is 0.440. The molecule has 0 radical (unpaired) electrons. The van der Waals surface area contributed by atoms with Gasteiger partial charge in [-0.3, -0.25) is 0 Å². The molecule has 1 aromatic rings. The van der Waals surface area contributed by atoms with Crippen LogP contribution >= 0.6 is 0 Å². The quantitative estimate of drug-likeness (QED) is 0.827. The van der Waals surface area contributed by atoms with E-state index in [9.17, 15) is 0 Å². The van der Waals surface area contributed by atoms with Gasteiger partial charge in [-0.15, -0.1) is 0 Å². The van der Waals surface area contributed by atoms with Gasteiger partial charge in [0, 0.05) is 6.20 Å². The van der Waals surface area contributed by atoms with E-state index < -0.39 is 0 Å². The average molecular weight is 219 g/mol. The van der Waals surface area contributed by atoms with E-state index in [1.807, 2.05) is 13.1 Å². The van der Waals surface area contributed by atoms with Gasteiger partial charge >= 0.3 is 0 Å². The monoisotopic (exact) mass is 219 g/mol. The molecule has 1 atom stereocenters. The van der Waals surface area contributed by atoms with E-state index in [2.05, 4.69) is 28.3 Å². The lowest BCUT2D eigenvalue weighted by molar-refractivity contribution is 0.227. The summed E-state index contributed by atoms with van der Waals surface area (Å²) in [6.45, 7) is 5.24. The van der Waals surface area contributed by atoms with Crippen LogP contribution in [-0.4, -0.2) is 16.5 Å². The van der Waals surface area contributed by atoms with Crippen molar-refractivity contribution in [1.29, 1.82) is 0 Å². The van der Waals surface area contributed by atoms with Gasteiger partial charge in [0.2, 0.25) is 0 Å². The zero-order valence-electron chi connectivity index (χ0n) is 10.2. The Hall–Kier alpha value is -0.960. The fourth-order valence-electron chi connectivity index (χ4n) is 2.23. The highest BCUT2D eigenvalue weighted by Crippen LogP contribution is 2.36. The number of rotatable bonds is 5. The van der Waals surface area contributed by atoms with Crippen LogP contribution in [0.15, 0.2) is 12.3 Å². The minimum Gasteiger partial charge on any atom is -0.308 e. The molecule has 1 unspecified atom stereocenters. The maximum atomic E-state index is 4.56. The Morgan fingerprint density at radius 3 is 2.88 bits per heavy atom. The molecule has 1 fully saturated rings. The van der Waals surface area contributed by atoms with Crippen molar-refractivity contribution >= 4 is 0 Å². The lowest BCUT2D eigenvalue weighted by Gasteiger charge is -2.34. The SMILES string of the molecule is CCCNC(c1ccnc(C)n1)C1CCC1. The van der Waals surface area contributed by atoms with Crippen LogP contribution in [0.25, 0.3) is 0 Å². The van der Waals surface area contributed by atoms with Gasteiger partial charge in [0.25, 0.3) is 0 Å². The molecule has 3 nitrogen and oxygen atoms in total. The fourth-order valence-corrected chi connectivity index (χ4v) is 2.23. The van der Waals surface area contributed by atoms with Crippen LogP contribution in [0, 0.1) is 12.8 Å². The molecule has 0 bridgehead atoms. The second-order valence-electron chi connectivity index (χ2n) is 4.65. The van der Waals surface area contributed by atoms with Gasteiger partial charge in [0.15, 0.2) is 0 Å². The largest absolute Gasteiger partial charge is 0.308 e. The van der Waals surface area contributed by atoms with E-state index in [1.54, 1.807) is 0 Å². The Bertz CT molecular complexity index is 334. The second-order valence-corrected chi connectivity index (χ2v) is 4.65. The van der Waals surface area contributed by atoms with Crippen LogP contribution in [0.2, 0.25) is 0 Å². The fraction of sp³-hybridized carbons (Fsp3) is 0.692. The number of nitrogens with zero attached hydrogens (tertiary/aromatic N) is 2. The number of aryl methyl sites for hydroxylation is 1. The van der Waals surface area contributed by atoms with Crippen LogP contribution in [-0.2, 0) is 0 Å². The summed E-state index contributed by atoms with van der Waals surface area (Å²) in [4.78, 5) is 8.72. The molecule has 1 N–H and O–H groups in total. The third-order valence-electron chi connectivity index (χ3n) is 3.35. The van der Waals surface area contributed by atoms with Crippen molar-refractivity contribution in [2.45, 2.75) is 45.6 Å². The first kappa shape index (κ1) is 11.5. The maximum Gasteiger partial charge on any atom is 0.125 e. The normalized spacial score (nSPS) is 18.1. The lowest BCUT2D eigenvalue weighted by atomic mass is 9.78. The molecule has 0 spiro atoms. The van der Waals surface area contributed by atoms with Gasteiger partial charge in [-0.25, -0.2) is 9.97 Å². The van der Waals surface area contributed by atoms with Crippen molar-refractivity contribution in [3.05, 3.63) is 23.8 Å². The number of nitrogens with one attached hydrogen (secondary N) is 1. The predicted molar refractivity (Wildman–Crippen MR) is 65.1 cm³/mol. The molecule has 0 saturated heterocycles. The van der Waals surface area contributed by atoms with Crippen molar-refractivity contribution in [2.24, 2.45) is 5.92 Å². The molecule has 88 valence electrons. The Morgan fingerprint density at radius 2 is 2.31 bits per heavy atom. The molecular formula is C13H21N3. The van der Waals surface area contributed by atoms with Crippen molar-refractivity contribution in [3.63, 3.8) is 0 Å². The van der Waals surface area contributed by atoms with Crippen molar-refractivity contribution in [2.75, 3.05) is 6.54 Å². The Kier molecular flexibility index (Phi) is 3.88. The molecule has 1 aliphatic rings. The van der Waals surface area contributed by atoms with Gasteiger partial charge in [-0.05, 0) is 44.7 Å². The topological polar surface area (TPSA) is 37.8 Å². The highest BCUT2D eigenvalue weighted by Gasteiger charge is 2.28. The van der Waals surface area contributed by atoms with Crippen molar-refractivity contribution in [3.8, 4) is 0 Å². The first-order valence-corrected chi connectivity index (χ1v) is 6.34. The predicted octanol–water partition coefficient (Wildman–Crippen LogP) is 2.63. The zero-order chi connectivity index (χ0) is 11.4. The first-order chi connectivity index (χ1) is 7.81. The smallest absolute Gasteiger partial charge is 0.125 e. The van der Waals surface area contributed by atoms with Crippen LogP contribution in [0.4, 0.5) is 0 Å². The Balaban J connectivity index is 2.10. The van der Waals surface area contributed by atoms with E-state index in [4.69, 9.17) is 0 Å². The molecule has 3 heteroatoms. The maximum absolute atomic E-state index is 4.56. The third kappa shape index (κ3) is 2.59. The molecule has 2 rings (SSSR count). The Morgan fingerprint density at radius 1 is 1.50 bits per heavy atom. The molecule has 1 saturated carbocycles. The van der Waals surface area contributed by atoms with E-state index >= 15 is 0 Å². The van der Waals surface area contributed by atoms with Crippen LogP contribution in [0.3, 0.4) is 0 Å². The molecule has 1 aliphatic carbocycles. The summed E-state index contributed by atoms with van der Waals surface area (Å²) >= 11 is 0. The molecule has 1 heterocycles. The molecule has 0 amide bonds. The summed E-state index contributed by atoms with van der Waals surface area (Å²) < 4.78 is 0. The van der Waals surface area contributed by atoms with Gasteiger partial charge in [0.1, 0.15) is 5.82 Å².